The third-order valence-electron chi connectivity index (χ3n) is 7.83. The Labute approximate surface area is 243 Å². The quantitative estimate of drug-likeness (QED) is 0.313. The lowest BCUT2D eigenvalue weighted by Crippen LogP contribution is -2.56. The van der Waals surface area contributed by atoms with Gasteiger partial charge in [0, 0.05) is 5.92 Å². The summed E-state index contributed by atoms with van der Waals surface area (Å²) in [5.41, 5.74) is 3.59. The highest BCUT2D eigenvalue weighted by molar-refractivity contribution is 5.90. The zero-order valence-corrected chi connectivity index (χ0v) is 23.1. The number of benzene rings is 3. The lowest BCUT2D eigenvalue weighted by atomic mass is 9.85. The summed E-state index contributed by atoms with van der Waals surface area (Å²) in [6.07, 6.45) is -1.38. The SMILES string of the molecule is CC1(C(=O)O)COCC1NC(=O)[C@H](CC(=O)OCc1ccccc1)NC(=O)OCC1c2ccccc2-c2ccccc21. The van der Waals surface area contributed by atoms with Crippen LogP contribution in [0.4, 0.5) is 4.79 Å². The Bertz CT molecular complexity index is 1430. The number of esters is 1. The van der Waals surface area contributed by atoms with Gasteiger partial charge in [-0.1, -0.05) is 78.9 Å². The summed E-state index contributed by atoms with van der Waals surface area (Å²) < 4.78 is 16.2. The van der Waals surface area contributed by atoms with Crippen LogP contribution in [0.2, 0.25) is 0 Å². The average molecular weight is 573 g/mol. The molecule has 2 unspecified atom stereocenters. The molecule has 3 aromatic rings. The van der Waals surface area contributed by atoms with Crippen molar-refractivity contribution in [1.82, 2.24) is 10.6 Å². The first-order chi connectivity index (χ1) is 20.3. The van der Waals surface area contributed by atoms with Gasteiger partial charge in [-0.2, -0.15) is 0 Å². The predicted octanol–water partition coefficient (Wildman–Crippen LogP) is 3.63. The Morgan fingerprint density at radius 3 is 2.19 bits per heavy atom. The number of nitrogens with one attached hydrogen (secondary N) is 2. The Morgan fingerprint density at radius 2 is 1.55 bits per heavy atom. The molecule has 5 rings (SSSR count). The number of ether oxygens (including phenoxy) is 3. The lowest BCUT2D eigenvalue weighted by Gasteiger charge is -2.27. The van der Waals surface area contributed by atoms with E-state index in [0.29, 0.717) is 0 Å². The Hall–Kier alpha value is -4.70. The van der Waals surface area contributed by atoms with E-state index in [1.54, 1.807) is 24.3 Å². The van der Waals surface area contributed by atoms with E-state index in [1.165, 1.54) is 6.92 Å². The van der Waals surface area contributed by atoms with Gasteiger partial charge >= 0.3 is 18.0 Å². The minimum Gasteiger partial charge on any atom is -0.481 e. The van der Waals surface area contributed by atoms with Gasteiger partial charge in [-0.15, -0.1) is 0 Å². The first-order valence-electron chi connectivity index (χ1n) is 13.7. The first-order valence-corrected chi connectivity index (χ1v) is 13.7. The molecule has 1 aliphatic carbocycles. The number of rotatable bonds is 10. The maximum atomic E-state index is 13.3. The van der Waals surface area contributed by atoms with Crippen molar-refractivity contribution in [3.8, 4) is 11.1 Å². The maximum Gasteiger partial charge on any atom is 0.407 e. The van der Waals surface area contributed by atoms with E-state index in [1.807, 2.05) is 54.6 Å². The van der Waals surface area contributed by atoms with Gasteiger partial charge in [-0.3, -0.25) is 14.4 Å². The number of carboxylic acid groups (broad SMARTS) is 1. The molecule has 1 fully saturated rings. The summed E-state index contributed by atoms with van der Waals surface area (Å²) in [6, 6.07) is 22.6. The van der Waals surface area contributed by atoms with Gasteiger partial charge in [-0.25, -0.2) is 4.79 Å². The smallest absolute Gasteiger partial charge is 0.407 e. The van der Waals surface area contributed by atoms with E-state index in [0.717, 1.165) is 27.8 Å². The summed E-state index contributed by atoms with van der Waals surface area (Å²) in [7, 11) is 0. The largest absolute Gasteiger partial charge is 0.481 e. The zero-order valence-electron chi connectivity index (χ0n) is 23.1. The molecular formula is C32H32N2O8. The van der Waals surface area contributed by atoms with Crippen molar-refractivity contribution in [2.45, 2.75) is 38.0 Å². The van der Waals surface area contributed by atoms with Gasteiger partial charge in [0.1, 0.15) is 24.7 Å². The highest BCUT2D eigenvalue weighted by atomic mass is 16.6. The Balaban J connectivity index is 1.26. The van der Waals surface area contributed by atoms with Gasteiger partial charge in [0.05, 0.1) is 25.7 Å². The third kappa shape index (κ3) is 6.13. The number of carbonyl (C=O) groups is 4. The van der Waals surface area contributed by atoms with E-state index < -0.39 is 47.9 Å². The minimum atomic E-state index is -1.37. The van der Waals surface area contributed by atoms with Crippen molar-refractivity contribution in [2.24, 2.45) is 5.41 Å². The van der Waals surface area contributed by atoms with Gasteiger partial charge in [-0.05, 0) is 34.7 Å². The van der Waals surface area contributed by atoms with Crippen LogP contribution in [-0.4, -0.2) is 60.9 Å². The molecule has 3 aromatic carbocycles. The minimum absolute atomic E-state index is 0.00743. The van der Waals surface area contributed by atoms with Crippen LogP contribution in [0.1, 0.15) is 36.0 Å². The van der Waals surface area contributed by atoms with E-state index in [2.05, 4.69) is 10.6 Å². The maximum absolute atomic E-state index is 13.3. The molecular weight excluding hydrogens is 540 g/mol. The molecule has 218 valence electrons. The molecule has 1 saturated heterocycles. The molecule has 10 heteroatoms. The average Bonchev–Trinajstić information content (AvgIpc) is 3.53. The number of carbonyl (C=O) groups excluding carboxylic acids is 3. The fourth-order valence-electron chi connectivity index (χ4n) is 5.31. The second-order valence-corrected chi connectivity index (χ2v) is 10.7. The van der Waals surface area contributed by atoms with Crippen LogP contribution in [0.25, 0.3) is 11.1 Å². The summed E-state index contributed by atoms with van der Waals surface area (Å²) in [5.74, 6) is -2.79. The van der Waals surface area contributed by atoms with Gasteiger partial charge < -0.3 is 30.0 Å². The molecule has 0 saturated carbocycles. The van der Waals surface area contributed by atoms with E-state index in [9.17, 15) is 24.3 Å². The topological polar surface area (TPSA) is 140 Å². The Kier molecular flexibility index (Phi) is 8.53. The first kappa shape index (κ1) is 28.8. The normalized spacial score (nSPS) is 19.7. The predicted molar refractivity (Wildman–Crippen MR) is 151 cm³/mol. The second-order valence-electron chi connectivity index (χ2n) is 10.7. The molecule has 1 aliphatic heterocycles. The number of fused-ring (bicyclic) bond motifs is 3. The highest BCUT2D eigenvalue weighted by Crippen LogP contribution is 2.44. The number of aliphatic carboxylic acids is 1. The van der Waals surface area contributed by atoms with E-state index in [4.69, 9.17) is 14.2 Å². The van der Waals surface area contributed by atoms with Crippen molar-refractivity contribution in [3.63, 3.8) is 0 Å². The lowest BCUT2D eigenvalue weighted by molar-refractivity contribution is -0.150. The number of carboxylic acids is 1. The molecule has 1 heterocycles. The van der Waals surface area contributed by atoms with Crippen LogP contribution >= 0.6 is 0 Å². The molecule has 0 radical (unpaired) electrons. The van der Waals surface area contributed by atoms with Crippen molar-refractivity contribution < 1.29 is 38.5 Å². The monoisotopic (exact) mass is 572 g/mol. The van der Waals surface area contributed by atoms with Gasteiger partial charge in [0.25, 0.3) is 0 Å². The standard InChI is InChI=1S/C32H32N2O8/c1-32(30(37)38)19-40-18-27(32)34-29(36)26(15-28(35)41-16-20-9-3-2-4-10-20)33-31(39)42-17-25-23-13-7-5-11-21(23)22-12-6-8-14-24(22)25/h2-14,25-27H,15-19H2,1H3,(H,33,39)(H,34,36)(H,37,38)/t26-,27?,32?/m0/s1. The van der Waals surface area contributed by atoms with E-state index in [-0.39, 0.29) is 32.3 Å². The molecule has 42 heavy (non-hydrogen) atoms. The number of hydrogen-bond donors (Lipinski definition) is 3. The van der Waals surface area contributed by atoms with Crippen LogP contribution in [-0.2, 0) is 35.2 Å². The number of alkyl carbamates (subject to hydrolysis) is 1. The summed E-state index contributed by atoms with van der Waals surface area (Å²) in [5, 5.41) is 14.8. The van der Waals surface area contributed by atoms with Crippen LogP contribution in [0.5, 0.6) is 0 Å². The molecule has 0 bridgehead atoms. The fraction of sp³-hybridized carbons (Fsp3) is 0.312. The highest BCUT2D eigenvalue weighted by Gasteiger charge is 2.48. The molecule has 3 atom stereocenters. The van der Waals surface area contributed by atoms with Crippen LogP contribution in [0.3, 0.4) is 0 Å². The van der Waals surface area contributed by atoms with Gasteiger partial charge in [0.2, 0.25) is 5.91 Å². The molecule has 0 aromatic heterocycles. The molecule has 10 nitrogen and oxygen atoms in total. The number of amides is 2. The molecule has 3 N–H and O–H groups in total. The van der Waals surface area contributed by atoms with Crippen molar-refractivity contribution >= 4 is 23.9 Å². The fourth-order valence-corrected chi connectivity index (χ4v) is 5.31. The van der Waals surface area contributed by atoms with Crippen molar-refractivity contribution in [2.75, 3.05) is 19.8 Å². The van der Waals surface area contributed by atoms with Gasteiger partial charge in [0.15, 0.2) is 0 Å². The second kappa shape index (κ2) is 12.4. The summed E-state index contributed by atoms with van der Waals surface area (Å²) in [6.45, 7) is 1.36. The summed E-state index contributed by atoms with van der Waals surface area (Å²) >= 11 is 0. The van der Waals surface area contributed by atoms with Crippen LogP contribution in [0, 0.1) is 5.41 Å². The third-order valence-corrected chi connectivity index (χ3v) is 7.83. The van der Waals surface area contributed by atoms with Crippen LogP contribution in [0.15, 0.2) is 78.9 Å². The Morgan fingerprint density at radius 1 is 0.929 bits per heavy atom. The van der Waals surface area contributed by atoms with Crippen LogP contribution < -0.4 is 10.6 Å². The zero-order chi connectivity index (χ0) is 29.7. The molecule has 0 spiro atoms. The van der Waals surface area contributed by atoms with E-state index >= 15 is 0 Å². The molecule has 2 amide bonds. The van der Waals surface area contributed by atoms with Crippen molar-refractivity contribution in [1.29, 1.82) is 0 Å². The summed E-state index contributed by atoms with van der Waals surface area (Å²) in [4.78, 5) is 50.9. The van der Waals surface area contributed by atoms with Crippen molar-refractivity contribution in [3.05, 3.63) is 95.6 Å². The number of hydrogen-bond acceptors (Lipinski definition) is 7. The molecule has 2 aliphatic rings.